The van der Waals surface area contributed by atoms with Gasteiger partial charge in [-0.05, 0) is 27.2 Å². The minimum Gasteiger partial charge on any atom is -0.444 e. The lowest BCUT2D eigenvalue weighted by Gasteiger charge is -2.22. The average Bonchev–Trinajstić information content (AvgIpc) is 2.00. The molecule has 84 valence electrons. The molecule has 1 amide bonds. The molecule has 0 aromatic rings. The average molecular weight is 205 g/mol. The van der Waals surface area contributed by atoms with Crippen LogP contribution in [0.4, 0.5) is 4.79 Å². The molecule has 5 nitrogen and oxygen atoms in total. The van der Waals surface area contributed by atoms with Crippen LogP contribution in [0.5, 0.6) is 0 Å². The van der Waals surface area contributed by atoms with E-state index in [1.165, 1.54) is 0 Å². The minimum absolute atomic E-state index is 0.0823. The van der Waals surface area contributed by atoms with E-state index in [-0.39, 0.29) is 13.2 Å². The van der Waals surface area contributed by atoms with Crippen LogP contribution in [0.3, 0.4) is 0 Å². The Bertz CT molecular complexity index is 176. The normalized spacial score (nSPS) is 13.5. The number of alkyl carbamates (subject to hydrolysis) is 1. The van der Waals surface area contributed by atoms with Crippen molar-refractivity contribution in [3.63, 3.8) is 0 Å². The predicted octanol–water partition coefficient (Wildman–Crippen LogP) is 0.254. The number of carbonyl (C=O) groups is 1. The highest BCUT2D eigenvalue weighted by Crippen LogP contribution is 2.06. The second kappa shape index (κ2) is 5.82. The molecule has 0 saturated carbocycles. The maximum atomic E-state index is 11.2. The minimum atomic E-state index is -0.579. The van der Waals surface area contributed by atoms with Gasteiger partial charge >= 0.3 is 6.09 Å². The van der Waals surface area contributed by atoms with E-state index >= 15 is 0 Å². The molecular weight excluding hydrogens is 186 g/mol. The van der Waals surface area contributed by atoms with Crippen molar-refractivity contribution in [3.8, 4) is 0 Å². The zero-order valence-corrected chi connectivity index (χ0v) is 8.91. The zero-order chi connectivity index (χ0) is 11.2. The van der Waals surface area contributed by atoms with Gasteiger partial charge < -0.3 is 20.3 Å². The Kier molecular flexibility index (Phi) is 5.49. The number of amides is 1. The Hall–Kier alpha value is -0.810. The highest BCUT2D eigenvalue weighted by atomic mass is 16.6. The van der Waals surface area contributed by atoms with Crippen molar-refractivity contribution in [2.24, 2.45) is 0 Å². The number of aliphatic hydroxyl groups excluding tert-OH is 2. The standard InChI is InChI=1S/C9H19NO4/c1-9(2,3)14-8(13)10-7(6-12)4-5-11/h7,11-12H,4-6H2,1-3H3,(H,10,13)/t7-/m1/s1. The van der Waals surface area contributed by atoms with Crippen molar-refractivity contribution in [2.75, 3.05) is 13.2 Å². The van der Waals surface area contributed by atoms with Gasteiger partial charge in [-0.3, -0.25) is 0 Å². The number of ether oxygens (including phenoxy) is 1. The summed E-state index contributed by atoms with van der Waals surface area (Å²) >= 11 is 0. The smallest absolute Gasteiger partial charge is 0.407 e. The molecule has 0 rings (SSSR count). The van der Waals surface area contributed by atoms with Crippen LogP contribution in [0, 0.1) is 0 Å². The summed E-state index contributed by atoms with van der Waals surface area (Å²) < 4.78 is 4.97. The molecule has 3 N–H and O–H groups in total. The van der Waals surface area contributed by atoms with Crippen molar-refractivity contribution in [3.05, 3.63) is 0 Å². The van der Waals surface area contributed by atoms with Crippen LogP contribution in [-0.4, -0.2) is 41.2 Å². The molecular formula is C9H19NO4. The van der Waals surface area contributed by atoms with Gasteiger partial charge in [-0.2, -0.15) is 0 Å². The number of nitrogens with one attached hydrogen (secondary N) is 1. The summed E-state index contributed by atoms with van der Waals surface area (Å²) in [5.74, 6) is 0. The lowest BCUT2D eigenvalue weighted by atomic mass is 10.2. The van der Waals surface area contributed by atoms with E-state index in [0.29, 0.717) is 6.42 Å². The van der Waals surface area contributed by atoms with Gasteiger partial charge in [0.15, 0.2) is 0 Å². The molecule has 0 heterocycles. The topological polar surface area (TPSA) is 78.8 Å². The fourth-order valence-electron chi connectivity index (χ4n) is 0.839. The highest BCUT2D eigenvalue weighted by Gasteiger charge is 2.18. The maximum Gasteiger partial charge on any atom is 0.407 e. The van der Waals surface area contributed by atoms with E-state index in [2.05, 4.69) is 5.32 Å². The number of aliphatic hydroxyl groups is 2. The first-order chi connectivity index (χ1) is 6.39. The van der Waals surface area contributed by atoms with Crippen LogP contribution < -0.4 is 5.32 Å². The molecule has 14 heavy (non-hydrogen) atoms. The molecule has 5 heteroatoms. The summed E-state index contributed by atoms with van der Waals surface area (Å²) in [4.78, 5) is 11.2. The Morgan fingerprint density at radius 2 is 2.00 bits per heavy atom. The van der Waals surface area contributed by atoms with Gasteiger partial charge in [0.05, 0.1) is 12.6 Å². The predicted molar refractivity (Wildman–Crippen MR) is 51.9 cm³/mol. The van der Waals surface area contributed by atoms with Crippen LogP contribution in [0.2, 0.25) is 0 Å². The lowest BCUT2D eigenvalue weighted by Crippen LogP contribution is -2.41. The quantitative estimate of drug-likeness (QED) is 0.615. The fraction of sp³-hybridized carbons (Fsp3) is 0.889. The van der Waals surface area contributed by atoms with Gasteiger partial charge in [0, 0.05) is 6.61 Å². The van der Waals surface area contributed by atoms with Crippen molar-refractivity contribution < 1.29 is 19.7 Å². The fourth-order valence-corrected chi connectivity index (χ4v) is 0.839. The molecule has 1 atom stereocenters. The van der Waals surface area contributed by atoms with Crippen molar-refractivity contribution in [2.45, 2.75) is 38.8 Å². The van der Waals surface area contributed by atoms with Gasteiger partial charge in [0.1, 0.15) is 5.60 Å². The number of hydrogen-bond acceptors (Lipinski definition) is 4. The van der Waals surface area contributed by atoms with E-state index in [1.54, 1.807) is 20.8 Å². The summed E-state index contributed by atoms with van der Waals surface area (Å²) in [5.41, 5.74) is -0.552. The molecule has 0 fully saturated rings. The SMILES string of the molecule is CC(C)(C)OC(=O)N[C@@H](CO)CCO. The van der Waals surface area contributed by atoms with Gasteiger partial charge in [-0.1, -0.05) is 0 Å². The summed E-state index contributed by atoms with van der Waals surface area (Å²) in [6, 6.07) is -0.449. The second-order valence-electron chi connectivity index (χ2n) is 4.04. The van der Waals surface area contributed by atoms with Crippen molar-refractivity contribution in [1.29, 1.82) is 0 Å². The van der Waals surface area contributed by atoms with Gasteiger partial charge in [-0.25, -0.2) is 4.79 Å². The summed E-state index contributed by atoms with van der Waals surface area (Å²) in [6.45, 7) is 4.98. The van der Waals surface area contributed by atoms with Crippen LogP contribution in [0.1, 0.15) is 27.2 Å². The Labute approximate surface area is 84.1 Å². The first-order valence-electron chi connectivity index (χ1n) is 4.60. The molecule has 0 bridgehead atoms. The molecule has 0 aliphatic carbocycles. The molecule has 0 saturated heterocycles. The third-order valence-corrected chi connectivity index (χ3v) is 1.42. The van der Waals surface area contributed by atoms with E-state index in [1.807, 2.05) is 0 Å². The van der Waals surface area contributed by atoms with E-state index < -0.39 is 17.7 Å². The van der Waals surface area contributed by atoms with Crippen LogP contribution >= 0.6 is 0 Å². The zero-order valence-electron chi connectivity index (χ0n) is 8.91. The van der Waals surface area contributed by atoms with Crippen LogP contribution in [-0.2, 0) is 4.74 Å². The Morgan fingerprint density at radius 1 is 1.43 bits per heavy atom. The van der Waals surface area contributed by atoms with Gasteiger partial charge in [-0.15, -0.1) is 0 Å². The molecule has 0 spiro atoms. The lowest BCUT2D eigenvalue weighted by molar-refractivity contribution is 0.0472. The third kappa shape index (κ3) is 6.68. The van der Waals surface area contributed by atoms with Crippen molar-refractivity contribution >= 4 is 6.09 Å². The van der Waals surface area contributed by atoms with Crippen molar-refractivity contribution in [1.82, 2.24) is 5.32 Å². The molecule has 0 aromatic carbocycles. The van der Waals surface area contributed by atoms with Gasteiger partial charge in [0.25, 0.3) is 0 Å². The van der Waals surface area contributed by atoms with Crippen LogP contribution in [0.25, 0.3) is 0 Å². The largest absolute Gasteiger partial charge is 0.444 e. The molecule has 0 aliphatic heterocycles. The first kappa shape index (κ1) is 13.2. The number of rotatable bonds is 4. The molecule has 0 aliphatic rings. The first-order valence-corrected chi connectivity index (χ1v) is 4.60. The molecule has 0 radical (unpaired) electrons. The Balaban J connectivity index is 3.91. The van der Waals surface area contributed by atoms with Gasteiger partial charge in [0.2, 0.25) is 0 Å². The maximum absolute atomic E-state index is 11.2. The second-order valence-corrected chi connectivity index (χ2v) is 4.04. The summed E-state index contributed by atoms with van der Waals surface area (Å²) in [7, 11) is 0. The molecule has 0 unspecified atom stereocenters. The van der Waals surface area contributed by atoms with E-state index in [0.717, 1.165) is 0 Å². The van der Waals surface area contributed by atoms with E-state index in [9.17, 15) is 4.79 Å². The third-order valence-electron chi connectivity index (χ3n) is 1.42. The van der Waals surface area contributed by atoms with E-state index in [4.69, 9.17) is 14.9 Å². The number of carbonyl (C=O) groups excluding carboxylic acids is 1. The summed E-state index contributed by atoms with van der Waals surface area (Å²) in [6.07, 6.45) is -0.263. The summed E-state index contributed by atoms with van der Waals surface area (Å²) in [5, 5.41) is 19.9. The molecule has 0 aromatic heterocycles. The number of hydrogen-bond donors (Lipinski definition) is 3. The highest BCUT2D eigenvalue weighted by molar-refractivity contribution is 5.68. The van der Waals surface area contributed by atoms with Crippen LogP contribution in [0.15, 0.2) is 0 Å². The Morgan fingerprint density at radius 3 is 2.36 bits per heavy atom. The monoisotopic (exact) mass is 205 g/mol.